The van der Waals surface area contributed by atoms with Gasteiger partial charge in [-0.05, 0) is 13.0 Å². The van der Waals surface area contributed by atoms with Gasteiger partial charge in [-0.15, -0.1) is 0 Å². The van der Waals surface area contributed by atoms with E-state index in [-0.39, 0.29) is 18.2 Å². The van der Waals surface area contributed by atoms with Crippen LogP contribution in [0.1, 0.15) is 19.8 Å². The maximum atomic E-state index is 11.2. The Morgan fingerprint density at radius 1 is 1.00 bits per heavy atom. The van der Waals surface area contributed by atoms with Gasteiger partial charge >= 0.3 is 0 Å². The molecule has 0 aromatic heterocycles. The maximum absolute atomic E-state index is 11.2. The minimum Gasteiger partial charge on any atom is -0.354 e. The van der Waals surface area contributed by atoms with E-state index in [4.69, 9.17) is 5.73 Å². The second-order valence-electron chi connectivity index (χ2n) is 3.42. The molecule has 0 fully saturated rings. The highest BCUT2D eigenvalue weighted by Gasteiger charge is 2.07. The first-order chi connectivity index (χ1) is 7.70. The number of carbonyl (C=O) groups excluding carboxylic acids is 2. The van der Waals surface area contributed by atoms with E-state index in [1.54, 1.807) is 0 Å². The molecule has 0 heterocycles. The minimum absolute atomic E-state index is 0.131. The molecule has 0 atom stereocenters. The second kappa shape index (κ2) is 10.4. The molecule has 6 nitrogen and oxygen atoms in total. The summed E-state index contributed by atoms with van der Waals surface area (Å²) in [6.07, 6.45) is 0.934. The SMILES string of the molecule is CCCNCCNC(=O)CC(=O)NCCN. The number of rotatable bonds is 9. The molecule has 16 heavy (non-hydrogen) atoms. The Kier molecular flexibility index (Phi) is 9.64. The van der Waals surface area contributed by atoms with Crippen LogP contribution in [0.15, 0.2) is 0 Å². The van der Waals surface area contributed by atoms with E-state index in [0.717, 1.165) is 19.5 Å². The summed E-state index contributed by atoms with van der Waals surface area (Å²) in [6, 6.07) is 0. The van der Waals surface area contributed by atoms with E-state index in [1.807, 2.05) is 0 Å². The summed E-state index contributed by atoms with van der Waals surface area (Å²) in [5, 5.41) is 8.34. The highest BCUT2D eigenvalue weighted by atomic mass is 16.2. The van der Waals surface area contributed by atoms with Gasteiger partial charge < -0.3 is 21.7 Å². The third-order valence-electron chi connectivity index (χ3n) is 1.84. The summed E-state index contributed by atoms with van der Waals surface area (Å²) >= 11 is 0. The standard InChI is InChI=1S/C10H22N4O2/c1-2-4-12-6-7-14-10(16)8-9(15)13-5-3-11/h12H,2-8,11H2,1H3,(H,13,15)(H,14,16). The molecule has 5 N–H and O–H groups in total. The molecular weight excluding hydrogens is 208 g/mol. The van der Waals surface area contributed by atoms with Crippen LogP contribution in [0.25, 0.3) is 0 Å². The van der Waals surface area contributed by atoms with Gasteiger partial charge in [0.15, 0.2) is 0 Å². The van der Waals surface area contributed by atoms with Crippen molar-refractivity contribution in [2.75, 3.05) is 32.7 Å². The van der Waals surface area contributed by atoms with Crippen molar-refractivity contribution >= 4 is 11.8 Å². The Morgan fingerprint density at radius 2 is 1.62 bits per heavy atom. The predicted octanol–water partition coefficient (Wildman–Crippen LogP) is -1.43. The number of nitrogens with two attached hydrogens (primary N) is 1. The van der Waals surface area contributed by atoms with Gasteiger partial charge in [-0.25, -0.2) is 0 Å². The molecule has 2 amide bonds. The van der Waals surface area contributed by atoms with Crippen molar-refractivity contribution in [3.05, 3.63) is 0 Å². The van der Waals surface area contributed by atoms with Gasteiger partial charge in [-0.1, -0.05) is 6.92 Å². The Labute approximate surface area is 96.3 Å². The summed E-state index contributed by atoms with van der Waals surface area (Å²) in [5.74, 6) is -0.544. The molecule has 0 aliphatic heterocycles. The van der Waals surface area contributed by atoms with Crippen LogP contribution in [-0.4, -0.2) is 44.5 Å². The molecule has 6 heteroatoms. The topological polar surface area (TPSA) is 96.2 Å². The first-order valence-corrected chi connectivity index (χ1v) is 5.64. The molecule has 0 rings (SSSR count). The molecular formula is C10H22N4O2. The summed E-state index contributed by atoms with van der Waals surface area (Å²) in [5.41, 5.74) is 5.21. The average Bonchev–Trinajstić information content (AvgIpc) is 2.26. The van der Waals surface area contributed by atoms with E-state index < -0.39 is 0 Å². The third-order valence-corrected chi connectivity index (χ3v) is 1.84. The maximum Gasteiger partial charge on any atom is 0.229 e. The second-order valence-corrected chi connectivity index (χ2v) is 3.42. The largest absolute Gasteiger partial charge is 0.354 e. The van der Waals surface area contributed by atoms with E-state index in [1.165, 1.54) is 0 Å². The molecule has 0 aliphatic rings. The van der Waals surface area contributed by atoms with Crippen molar-refractivity contribution in [1.82, 2.24) is 16.0 Å². The lowest BCUT2D eigenvalue weighted by Crippen LogP contribution is -2.36. The van der Waals surface area contributed by atoms with Crippen LogP contribution in [0.3, 0.4) is 0 Å². The highest BCUT2D eigenvalue weighted by molar-refractivity contribution is 5.96. The summed E-state index contributed by atoms with van der Waals surface area (Å²) in [6.45, 7) is 5.08. The van der Waals surface area contributed by atoms with Crippen LogP contribution in [-0.2, 0) is 9.59 Å². The monoisotopic (exact) mass is 230 g/mol. The van der Waals surface area contributed by atoms with E-state index in [9.17, 15) is 9.59 Å². The van der Waals surface area contributed by atoms with Crippen LogP contribution in [0, 0.1) is 0 Å². The molecule has 0 aromatic carbocycles. The fraction of sp³-hybridized carbons (Fsp3) is 0.800. The molecule has 0 aromatic rings. The Morgan fingerprint density at radius 3 is 2.19 bits per heavy atom. The number of nitrogens with one attached hydrogen (secondary N) is 3. The van der Waals surface area contributed by atoms with E-state index >= 15 is 0 Å². The average molecular weight is 230 g/mol. The van der Waals surface area contributed by atoms with Crippen LogP contribution >= 0.6 is 0 Å². The molecule has 0 aliphatic carbocycles. The minimum atomic E-state index is -0.288. The van der Waals surface area contributed by atoms with E-state index in [2.05, 4.69) is 22.9 Å². The van der Waals surface area contributed by atoms with Crippen molar-refractivity contribution < 1.29 is 9.59 Å². The summed E-state index contributed by atoms with van der Waals surface area (Å²) in [4.78, 5) is 22.3. The molecule has 0 spiro atoms. The number of amides is 2. The van der Waals surface area contributed by atoms with Crippen molar-refractivity contribution in [3.8, 4) is 0 Å². The van der Waals surface area contributed by atoms with Gasteiger partial charge in [-0.3, -0.25) is 9.59 Å². The molecule has 0 radical (unpaired) electrons. The first-order valence-electron chi connectivity index (χ1n) is 5.64. The lowest BCUT2D eigenvalue weighted by atomic mass is 10.3. The van der Waals surface area contributed by atoms with Gasteiger partial charge in [0, 0.05) is 26.2 Å². The lowest BCUT2D eigenvalue weighted by Gasteiger charge is -2.06. The van der Waals surface area contributed by atoms with Gasteiger partial charge in [0.25, 0.3) is 0 Å². The van der Waals surface area contributed by atoms with Gasteiger partial charge in [-0.2, -0.15) is 0 Å². The Balaban J connectivity index is 3.40. The lowest BCUT2D eigenvalue weighted by molar-refractivity contribution is -0.129. The molecule has 0 saturated carbocycles. The Hall–Kier alpha value is -1.14. The third kappa shape index (κ3) is 9.42. The van der Waals surface area contributed by atoms with Crippen LogP contribution in [0.2, 0.25) is 0 Å². The molecule has 0 saturated heterocycles. The normalized spacial score (nSPS) is 9.88. The molecule has 0 unspecified atom stereocenters. The van der Waals surface area contributed by atoms with Crippen LogP contribution < -0.4 is 21.7 Å². The van der Waals surface area contributed by atoms with Gasteiger partial charge in [0.1, 0.15) is 6.42 Å². The zero-order valence-electron chi connectivity index (χ0n) is 9.84. The predicted molar refractivity (Wildman–Crippen MR) is 62.9 cm³/mol. The van der Waals surface area contributed by atoms with Gasteiger partial charge in [0.2, 0.25) is 11.8 Å². The molecule has 0 bridgehead atoms. The number of hydrogen-bond donors (Lipinski definition) is 4. The number of carbonyl (C=O) groups is 2. The summed E-state index contributed by atoms with van der Waals surface area (Å²) in [7, 11) is 0. The van der Waals surface area contributed by atoms with Crippen molar-refractivity contribution in [1.29, 1.82) is 0 Å². The molecule has 94 valence electrons. The fourth-order valence-electron chi connectivity index (χ4n) is 1.07. The van der Waals surface area contributed by atoms with Crippen molar-refractivity contribution in [2.45, 2.75) is 19.8 Å². The fourth-order valence-corrected chi connectivity index (χ4v) is 1.07. The smallest absolute Gasteiger partial charge is 0.229 e. The zero-order chi connectivity index (χ0) is 12.2. The van der Waals surface area contributed by atoms with Gasteiger partial charge in [0.05, 0.1) is 0 Å². The van der Waals surface area contributed by atoms with Crippen LogP contribution in [0.5, 0.6) is 0 Å². The van der Waals surface area contributed by atoms with E-state index in [0.29, 0.717) is 19.6 Å². The quantitative estimate of drug-likeness (QED) is 0.288. The van der Waals surface area contributed by atoms with Crippen molar-refractivity contribution in [2.24, 2.45) is 5.73 Å². The zero-order valence-corrected chi connectivity index (χ0v) is 9.84. The van der Waals surface area contributed by atoms with Crippen LogP contribution in [0.4, 0.5) is 0 Å². The highest BCUT2D eigenvalue weighted by Crippen LogP contribution is 1.79. The first kappa shape index (κ1) is 14.9. The number of hydrogen-bond acceptors (Lipinski definition) is 4. The Bertz CT molecular complexity index is 209. The summed E-state index contributed by atoms with van der Waals surface area (Å²) < 4.78 is 0. The van der Waals surface area contributed by atoms with Crippen molar-refractivity contribution in [3.63, 3.8) is 0 Å².